The molecule has 2 heterocycles. The van der Waals surface area contributed by atoms with Gasteiger partial charge in [-0.15, -0.1) is 0 Å². The van der Waals surface area contributed by atoms with Crippen LogP contribution in [0, 0.1) is 0 Å². The number of imide groups is 2. The number of benzene rings is 1. The molecule has 9 heteroatoms. The van der Waals surface area contributed by atoms with E-state index in [1.54, 1.807) is 12.1 Å². The summed E-state index contributed by atoms with van der Waals surface area (Å²) in [5.74, 6) is -3.96. The van der Waals surface area contributed by atoms with E-state index in [4.69, 9.17) is 10.8 Å². The Balaban J connectivity index is 1.89. The minimum absolute atomic E-state index is 0.00596. The van der Waals surface area contributed by atoms with E-state index in [-0.39, 0.29) is 24.0 Å². The molecule has 4 amide bonds. The van der Waals surface area contributed by atoms with E-state index in [0.717, 1.165) is 9.80 Å². The van der Waals surface area contributed by atoms with Crippen LogP contribution in [0.3, 0.4) is 0 Å². The van der Waals surface area contributed by atoms with Gasteiger partial charge in [0, 0.05) is 6.42 Å². The standard InChI is InChI=1S/C17H17N3O6/c1-17(18,16(25)26)8-19-12(21)7-6-11(15(19)24)20-13(22)9-4-2-3-5-10(9)14(20)23/h2-5,11H,6-8,18H2,1H3,(H,25,26)/t11?,17-/m0/s1. The molecule has 3 N–H and O–H groups in total. The fourth-order valence-corrected chi connectivity index (χ4v) is 3.11. The van der Waals surface area contributed by atoms with Gasteiger partial charge in [0.2, 0.25) is 5.91 Å². The molecule has 1 unspecified atom stereocenters. The molecule has 0 radical (unpaired) electrons. The lowest BCUT2D eigenvalue weighted by molar-refractivity contribution is -0.154. The fraction of sp³-hybridized carbons (Fsp3) is 0.353. The number of nitrogens with two attached hydrogens (primary N) is 1. The maximum absolute atomic E-state index is 12.8. The van der Waals surface area contributed by atoms with Crippen molar-refractivity contribution in [1.29, 1.82) is 0 Å². The number of nitrogens with zero attached hydrogens (tertiary/aromatic N) is 2. The lowest BCUT2D eigenvalue weighted by Crippen LogP contribution is -2.62. The molecular weight excluding hydrogens is 342 g/mol. The van der Waals surface area contributed by atoms with Crippen LogP contribution >= 0.6 is 0 Å². The molecule has 26 heavy (non-hydrogen) atoms. The molecule has 1 saturated heterocycles. The third-order valence-corrected chi connectivity index (χ3v) is 4.60. The molecule has 1 aromatic carbocycles. The predicted octanol–water partition coefficient (Wildman–Crippen LogP) is -0.398. The number of amides is 4. The molecule has 0 aliphatic carbocycles. The number of likely N-dealkylation sites (tertiary alicyclic amines) is 1. The van der Waals surface area contributed by atoms with Crippen molar-refractivity contribution in [2.45, 2.75) is 31.3 Å². The monoisotopic (exact) mass is 359 g/mol. The van der Waals surface area contributed by atoms with E-state index >= 15 is 0 Å². The maximum atomic E-state index is 12.8. The van der Waals surface area contributed by atoms with Crippen molar-refractivity contribution in [3.05, 3.63) is 35.4 Å². The molecule has 0 aromatic heterocycles. The number of piperidine rings is 1. The van der Waals surface area contributed by atoms with E-state index in [2.05, 4.69) is 0 Å². The highest BCUT2D eigenvalue weighted by atomic mass is 16.4. The lowest BCUT2D eigenvalue weighted by Gasteiger charge is -2.37. The van der Waals surface area contributed by atoms with Crippen LogP contribution in [0.25, 0.3) is 0 Å². The van der Waals surface area contributed by atoms with Gasteiger partial charge >= 0.3 is 5.97 Å². The summed E-state index contributed by atoms with van der Waals surface area (Å²) in [6, 6.07) is 5.04. The number of aliphatic carboxylic acids is 1. The number of carbonyl (C=O) groups is 5. The zero-order chi connectivity index (χ0) is 19.2. The first-order valence-electron chi connectivity index (χ1n) is 7.98. The highest BCUT2D eigenvalue weighted by Gasteiger charge is 2.48. The van der Waals surface area contributed by atoms with Crippen molar-refractivity contribution in [2.75, 3.05) is 6.54 Å². The molecule has 2 atom stereocenters. The van der Waals surface area contributed by atoms with Crippen molar-refractivity contribution < 1.29 is 29.1 Å². The Kier molecular flexibility index (Phi) is 4.11. The van der Waals surface area contributed by atoms with Crippen molar-refractivity contribution in [1.82, 2.24) is 9.80 Å². The molecule has 1 fully saturated rings. The highest BCUT2D eigenvalue weighted by Crippen LogP contribution is 2.29. The van der Waals surface area contributed by atoms with Gasteiger partial charge in [0.15, 0.2) is 0 Å². The first kappa shape index (κ1) is 17.7. The SMILES string of the molecule is C[C@](N)(CN1C(=O)CCC(N2C(=O)c3ccccc3C2=O)C1=O)C(=O)O. The number of carbonyl (C=O) groups excluding carboxylic acids is 4. The Morgan fingerprint density at radius 1 is 1.19 bits per heavy atom. The van der Waals surface area contributed by atoms with Crippen molar-refractivity contribution in [2.24, 2.45) is 5.73 Å². The summed E-state index contributed by atoms with van der Waals surface area (Å²) in [4.78, 5) is 62.8. The van der Waals surface area contributed by atoms with Crippen LogP contribution < -0.4 is 5.73 Å². The second-order valence-corrected chi connectivity index (χ2v) is 6.62. The quantitative estimate of drug-likeness (QED) is 0.698. The van der Waals surface area contributed by atoms with Crippen LogP contribution in [-0.2, 0) is 14.4 Å². The molecule has 9 nitrogen and oxygen atoms in total. The zero-order valence-electron chi connectivity index (χ0n) is 14.0. The van der Waals surface area contributed by atoms with Crippen LogP contribution in [0.5, 0.6) is 0 Å². The maximum Gasteiger partial charge on any atom is 0.325 e. The van der Waals surface area contributed by atoms with Crippen LogP contribution in [-0.4, -0.2) is 62.6 Å². The lowest BCUT2D eigenvalue weighted by atomic mass is 9.97. The third-order valence-electron chi connectivity index (χ3n) is 4.60. The number of carboxylic acids is 1. The fourth-order valence-electron chi connectivity index (χ4n) is 3.11. The van der Waals surface area contributed by atoms with Crippen LogP contribution in [0.15, 0.2) is 24.3 Å². The molecule has 2 aliphatic rings. The van der Waals surface area contributed by atoms with Gasteiger partial charge in [-0.2, -0.15) is 0 Å². The van der Waals surface area contributed by atoms with Crippen molar-refractivity contribution in [3.8, 4) is 0 Å². The summed E-state index contributed by atoms with van der Waals surface area (Å²) in [6.45, 7) is 0.640. The summed E-state index contributed by atoms with van der Waals surface area (Å²) in [7, 11) is 0. The van der Waals surface area contributed by atoms with E-state index in [0.29, 0.717) is 0 Å². The van der Waals surface area contributed by atoms with Gasteiger partial charge in [-0.1, -0.05) is 12.1 Å². The number of hydrogen-bond donors (Lipinski definition) is 2. The minimum Gasteiger partial charge on any atom is -0.480 e. The minimum atomic E-state index is -1.84. The van der Waals surface area contributed by atoms with E-state index < -0.39 is 47.7 Å². The van der Waals surface area contributed by atoms with Crippen LogP contribution in [0.2, 0.25) is 0 Å². The highest BCUT2D eigenvalue weighted by molar-refractivity contribution is 6.23. The number of hydrogen-bond acceptors (Lipinski definition) is 6. The average Bonchev–Trinajstić information content (AvgIpc) is 2.84. The molecule has 2 aliphatic heterocycles. The van der Waals surface area contributed by atoms with Crippen molar-refractivity contribution >= 4 is 29.6 Å². The van der Waals surface area contributed by atoms with E-state index in [1.807, 2.05) is 0 Å². The first-order chi connectivity index (χ1) is 12.1. The molecule has 136 valence electrons. The summed E-state index contributed by atoms with van der Waals surface area (Å²) in [5.41, 5.74) is 4.20. The van der Waals surface area contributed by atoms with Gasteiger partial charge in [-0.25, -0.2) is 0 Å². The van der Waals surface area contributed by atoms with Gasteiger partial charge in [0.25, 0.3) is 17.7 Å². The first-order valence-corrected chi connectivity index (χ1v) is 7.98. The number of carboxylic acid groups (broad SMARTS) is 1. The predicted molar refractivity (Wildman–Crippen MR) is 86.9 cm³/mol. The average molecular weight is 359 g/mol. The van der Waals surface area contributed by atoms with Crippen LogP contribution in [0.4, 0.5) is 0 Å². The van der Waals surface area contributed by atoms with Gasteiger partial charge in [0.1, 0.15) is 11.6 Å². The second kappa shape index (κ2) is 6.03. The summed E-state index contributed by atoms with van der Waals surface area (Å²) >= 11 is 0. The Morgan fingerprint density at radius 3 is 2.23 bits per heavy atom. The van der Waals surface area contributed by atoms with E-state index in [9.17, 15) is 24.0 Å². The number of rotatable bonds is 4. The second-order valence-electron chi connectivity index (χ2n) is 6.62. The zero-order valence-corrected chi connectivity index (χ0v) is 14.0. The molecule has 1 aromatic rings. The molecule has 3 rings (SSSR count). The van der Waals surface area contributed by atoms with Gasteiger partial charge in [0.05, 0.1) is 17.7 Å². The largest absolute Gasteiger partial charge is 0.480 e. The summed E-state index contributed by atoms with van der Waals surface area (Å²) in [6.07, 6.45) is -0.104. The Hall–Kier alpha value is -3.07. The summed E-state index contributed by atoms with van der Waals surface area (Å²) in [5, 5.41) is 9.13. The Bertz CT molecular complexity index is 812. The van der Waals surface area contributed by atoms with Gasteiger partial charge < -0.3 is 10.8 Å². The molecule has 0 spiro atoms. The normalized spacial score (nSPS) is 22.5. The summed E-state index contributed by atoms with van der Waals surface area (Å²) < 4.78 is 0. The smallest absolute Gasteiger partial charge is 0.325 e. The van der Waals surface area contributed by atoms with Gasteiger partial charge in [-0.3, -0.25) is 33.8 Å². The Labute approximate surface area is 148 Å². The third kappa shape index (κ3) is 2.66. The van der Waals surface area contributed by atoms with Crippen LogP contribution in [0.1, 0.15) is 40.5 Å². The van der Waals surface area contributed by atoms with Crippen molar-refractivity contribution in [3.63, 3.8) is 0 Å². The molecule has 0 saturated carbocycles. The Morgan fingerprint density at radius 2 is 1.73 bits per heavy atom. The topological polar surface area (TPSA) is 138 Å². The number of fused-ring (bicyclic) bond motifs is 1. The van der Waals surface area contributed by atoms with E-state index in [1.165, 1.54) is 19.1 Å². The van der Waals surface area contributed by atoms with Gasteiger partial charge in [-0.05, 0) is 25.5 Å². The molecular formula is C17H17N3O6. The molecule has 0 bridgehead atoms.